The number of amides is 1. The van der Waals surface area contributed by atoms with Gasteiger partial charge in [0.05, 0.1) is 6.10 Å². The molecule has 0 saturated carbocycles. The number of nitrogens with two attached hydrogens (primary N) is 1. The number of nitrogens with one attached hydrogen (secondary N) is 1. The van der Waals surface area contributed by atoms with Crippen molar-refractivity contribution in [3.63, 3.8) is 0 Å². The third kappa shape index (κ3) is 4.42. The van der Waals surface area contributed by atoms with Gasteiger partial charge in [-0.2, -0.15) is 0 Å². The number of carbonyl (C=O) groups excluding carboxylic acids is 1. The highest BCUT2D eigenvalue weighted by Crippen LogP contribution is 2.19. The highest BCUT2D eigenvalue weighted by Gasteiger charge is 2.25. The van der Waals surface area contributed by atoms with Crippen LogP contribution in [-0.2, 0) is 0 Å². The number of likely N-dealkylation sites (tertiary alicyclic amines) is 1. The van der Waals surface area contributed by atoms with Gasteiger partial charge in [-0.25, -0.2) is 5.84 Å². The molecule has 21 heavy (non-hydrogen) atoms. The molecule has 1 aliphatic rings. The van der Waals surface area contributed by atoms with Gasteiger partial charge in [-0.1, -0.05) is 0 Å². The highest BCUT2D eigenvalue weighted by molar-refractivity contribution is 5.93. The molecule has 0 bridgehead atoms. The second-order valence-electron chi connectivity index (χ2n) is 5.44. The maximum atomic E-state index is 11.3. The fourth-order valence-electron chi connectivity index (χ4n) is 2.54. The quantitative estimate of drug-likeness (QED) is 0.401. The molecule has 0 spiro atoms. The molecule has 4 N–H and O–H groups in total. The first-order chi connectivity index (χ1) is 10.1. The lowest BCUT2D eigenvalue weighted by molar-refractivity contribution is 0.0953. The zero-order valence-corrected chi connectivity index (χ0v) is 12.3. The Morgan fingerprint density at radius 1 is 1.52 bits per heavy atom. The number of rotatable bonds is 6. The predicted octanol–water partition coefficient (Wildman–Crippen LogP) is 0.372. The molecular weight excluding hydrogens is 270 g/mol. The van der Waals surface area contributed by atoms with Gasteiger partial charge in [-0.15, -0.1) is 0 Å². The van der Waals surface area contributed by atoms with Crippen LogP contribution in [0.3, 0.4) is 0 Å². The van der Waals surface area contributed by atoms with Crippen molar-refractivity contribution in [3.05, 3.63) is 29.8 Å². The molecule has 1 aromatic rings. The maximum absolute atomic E-state index is 11.3. The normalized spacial score (nSPS) is 20.2. The first-order valence-electron chi connectivity index (χ1n) is 7.24. The van der Waals surface area contributed by atoms with Crippen LogP contribution in [0.25, 0.3) is 0 Å². The lowest BCUT2D eigenvalue weighted by atomic mass is 10.0. The van der Waals surface area contributed by atoms with E-state index in [9.17, 15) is 9.90 Å². The van der Waals surface area contributed by atoms with Crippen molar-refractivity contribution in [1.82, 2.24) is 10.3 Å². The molecule has 0 radical (unpaired) electrons. The summed E-state index contributed by atoms with van der Waals surface area (Å²) in [6, 6.07) is 6.87. The molecule has 0 aromatic heterocycles. The minimum absolute atomic E-state index is 0.239. The number of hydrazine groups is 1. The number of carbonyl (C=O) groups is 1. The minimum Gasteiger partial charge on any atom is -0.492 e. The number of hydrogen-bond donors (Lipinski definition) is 3. The third-order valence-corrected chi connectivity index (χ3v) is 3.91. The summed E-state index contributed by atoms with van der Waals surface area (Å²) >= 11 is 0. The van der Waals surface area contributed by atoms with Crippen LogP contribution in [0.4, 0.5) is 0 Å². The Hall–Kier alpha value is -1.63. The summed E-state index contributed by atoms with van der Waals surface area (Å²) in [5.41, 5.74) is 2.59. The van der Waals surface area contributed by atoms with Crippen LogP contribution >= 0.6 is 0 Å². The molecule has 1 aromatic carbocycles. The topological polar surface area (TPSA) is 87.8 Å². The van der Waals surface area contributed by atoms with Crippen molar-refractivity contribution in [2.45, 2.75) is 19.4 Å². The van der Waals surface area contributed by atoms with E-state index in [1.165, 1.54) is 0 Å². The van der Waals surface area contributed by atoms with E-state index in [-0.39, 0.29) is 12.0 Å². The van der Waals surface area contributed by atoms with Gasteiger partial charge >= 0.3 is 0 Å². The van der Waals surface area contributed by atoms with Crippen LogP contribution in [0, 0.1) is 5.92 Å². The summed E-state index contributed by atoms with van der Waals surface area (Å²) in [6.07, 6.45) is 0.803. The number of nitrogen functional groups attached to an aromatic ring is 1. The average Bonchev–Trinajstić information content (AvgIpc) is 2.96. The number of aliphatic hydroxyl groups excluding tert-OH is 1. The molecule has 1 saturated heterocycles. The largest absolute Gasteiger partial charge is 0.492 e. The van der Waals surface area contributed by atoms with Gasteiger partial charge in [-0.05, 0) is 50.1 Å². The number of hydrogen-bond acceptors (Lipinski definition) is 5. The van der Waals surface area contributed by atoms with Crippen molar-refractivity contribution in [3.8, 4) is 5.75 Å². The number of ether oxygens (including phenoxy) is 1. The predicted molar refractivity (Wildman–Crippen MR) is 79.8 cm³/mol. The van der Waals surface area contributed by atoms with Gasteiger partial charge in [0.2, 0.25) is 0 Å². The Morgan fingerprint density at radius 3 is 2.81 bits per heavy atom. The lowest BCUT2D eigenvalue weighted by Crippen LogP contribution is -2.29. The van der Waals surface area contributed by atoms with Crippen LogP contribution in [0.1, 0.15) is 23.7 Å². The Balaban J connectivity index is 1.73. The minimum atomic E-state index is -0.317. The second-order valence-corrected chi connectivity index (χ2v) is 5.44. The van der Waals surface area contributed by atoms with Crippen molar-refractivity contribution < 1.29 is 14.6 Å². The maximum Gasteiger partial charge on any atom is 0.265 e. The van der Waals surface area contributed by atoms with Crippen LogP contribution < -0.4 is 16.0 Å². The van der Waals surface area contributed by atoms with Crippen LogP contribution in [0.15, 0.2) is 24.3 Å². The summed E-state index contributed by atoms with van der Waals surface area (Å²) in [7, 11) is 0. The molecule has 1 aliphatic heterocycles. The fraction of sp³-hybridized carbons (Fsp3) is 0.533. The molecule has 116 valence electrons. The molecule has 2 unspecified atom stereocenters. The first kappa shape index (κ1) is 15.8. The van der Waals surface area contributed by atoms with Gasteiger partial charge in [0, 0.05) is 18.7 Å². The summed E-state index contributed by atoms with van der Waals surface area (Å²) < 4.78 is 5.66. The van der Waals surface area contributed by atoms with Gasteiger partial charge in [0.15, 0.2) is 0 Å². The molecule has 1 amide bonds. The molecular formula is C15H23N3O3. The summed E-state index contributed by atoms with van der Waals surface area (Å²) in [5.74, 6) is 5.86. The lowest BCUT2D eigenvalue weighted by Gasteiger charge is -2.17. The number of aliphatic hydroxyl groups is 1. The number of nitrogens with zero attached hydrogens (tertiary/aromatic N) is 1. The molecule has 1 heterocycles. The molecule has 2 atom stereocenters. The Bertz CT molecular complexity index is 462. The standard InChI is InChI=1S/C15H23N3O3/c1-11(19)13-6-7-18(10-13)8-9-21-14-4-2-12(3-5-14)15(20)17-16/h2-5,11,13,19H,6-10,16H2,1H3,(H,17,20). The van der Waals surface area contributed by atoms with Crippen LogP contribution in [0.2, 0.25) is 0 Å². The smallest absolute Gasteiger partial charge is 0.265 e. The van der Waals surface area contributed by atoms with Gasteiger partial charge in [-0.3, -0.25) is 15.1 Å². The Labute approximate surface area is 124 Å². The van der Waals surface area contributed by atoms with E-state index in [1.54, 1.807) is 24.3 Å². The molecule has 6 heteroatoms. The van der Waals surface area contributed by atoms with Crippen LogP contribution in [-0.4, -0.2) is 48.3 Å². The Kier molecular flexibility index (Phi) is 5.55. The monoisotopic (exact) mass is 293 g/mol. The van der Waals surface area contributed by atoms with E-state index in [1.807, 2.05) is 6.92 Å². The molecule has 6 nitrogen and oxygen atoms in total. The molecule has 1 fully saturated rings. The molecule has 2 rings (SSSR count). The average molecular weight is 293 g/mol. The SMILES string of the molecule is CC(O)C1CCN(CCOc2ccc(C(=O)NN)cc2)C1. The van der Waals surface area contributed by atoms with Crippen LogP contribution in [0.5, 0.6) is 5.75 Å². The summed E-state index contributed by atoms with van der Waals surface area (Å²) in [5, 5.41) is 9.57. The second kappa shape index (κ2) is 7.40. The van der Waals surface area contributed by atoms with Crippen molar-refractivity contribution in [2.24, 2.45) is 11.8 Å². The zero-order chi connectivity index (χ0) is 15.2. The third-order valence-electron chi connectivity index (χ3n) is 3.91. The highest BCUT2D eigenvalue weighted by atomic mass is 16.5. The summed E-state index contributed by atoms with van der Waals surface area (Å²) in [6.45, 7) is 5.22. The summed E-state index contributed by atoms with van der Waals surface area (Å²) in [4.78, 5) is 13.6. The zero-order valence-electron chi connectivity index (χ0n) is 12.3. The van der Waals surface area contributed by atoms with E-state index in [2.05, 4.69) is 10.3 Å². The van der Waals surface area contributed by atoms with E-state index in [4.69, 9.17) is 10.6 Å². The molecule has 0 aliphatic carbocycles. The van der Waals surface area contributed by atoms with E-state index >= 15 is 0 Å². The van der Waals surface area contributed by atoms with E-state index in [0.717, 1.165) is 31.8 Å². The van der Waals surface area contributed by atoms with Gasteiger partial charge in [0.25, 0.3) is 5.91 Å². The van der Waals surface area contributed by atoms with Crippen molar-refractivity contribution >= 4 is 5.91 Å². The first-order valence-corrected chi connectivity index (χ1v) is 7.24. The van der Waals surface area contributed by atoms with E-state index < -0.39 is 0 Å². The van der Waals surface area contributed by atoms with Crippen molar-refractivity contribution in [2.75, 3.05) is 26.2 Å². The fourth-order valence-corrected chi connectivity index (χ4v) is 2.54. The number of benzene rings is 1. The Morgan fingerprint density at radius 2 is 2.24 bits per heavy atom. The van der Waals surface area contributed by atoms with Crippen molar-refractivity contribution in [1.29, 1.82) is 0 Å². The van der Waals surface area contributed by atoms with Gasteiger partial charge < -0.3 is 9.84 Å². The van der Waals surface area contributed by atoms with Gasteiger partial charge in [0.1, 0.15) is 12.4 Å². The van der Waals surface area contributed by atoms with E-state index in [0.29, 0.717) is 18.1 Å².